The van der Waals surface area contributed by atoms with Gasteiger partial charge in [-0.15, -0.1) is 0 Å². The number of carboxylic acids is 1. The van der Waals surface area contributed by atoms with E-state index >= 15 is 0 Å². The van der Waals surface area contributed by atoms with Crippen LogP contribution >= 0.6 is 0 Å². The topological polar surface area (TPSA) is 99.4 Å². The zero-order chi connectivity index (χ0) is 20.7. The lowest BCUT2D eigenvalue weighted by Gasteiger charge is -2.12. The fourth-order valence-corrected chi connectivity index (χ4v) is 2.79. The maximum Gasteiger partial charge on any atom is 0.306 e. The van der Waals surface area contributed by atoms with E-state index < -0.39 is 11.9 Å². The predicted octanol–water partition coefficient (Wildman–Crippen LogP) is 4.01. The molecule has 2 rings (SSSR count). The standard InChI is InChI=1S/C22H22N2O4/c1-14-10-15(2)21(16(3)11-14)24-22(27)18(13-23)12-17-4-6-19(7-5-17)28-9-8-20(25)26/h4-7,10-12H,8-9H2,1-3H3,(H,24,27)(H,25,26)/b18-12+. The third-order valence-electron chi connectivity index (χ3n) is 4.06. The van der Waals surface area contributed by atoms with Crippen molar-refractivity contribution in [1.82, 2.24) is 0 Å². The van der Waals surface area contributed by atoms with Gasteiger partial charge >= 0.3 is 5.97 Å². The van der Waals surface area contributed by atoms with Gasteiger partial charge in [-0.3, -0.25) is 9.59 Å². The highest BCUT2D eigenvalue weighted by molar-refractivity contribution is 6.10. The van der Waals surface area contributed by atoms with E-state index in [1.807, 2.05) is 39.0 Å². The van der Waals surface area contributed by atoms with Crippen LogP contribution in [-0.2, 0) is 9.59 Å². The van der Waals surface area contributed by atoms with Crippen LogP contribution in [0.15, 0.2) is 42.0 Å². The molecule has 0 aliphatic heterocycles. The number of nitriles is 1. The van der Waals surface area contributed by atoms with Gasteiger partial charge < -0.3 is 15.2 Å². The van der Waals surface area contributed by atoms with Crippen LogP contribution in [0.1, 0.15) is 28.7 Å². The van der Waals surface area contributed by atoms with Gasteiger partial charge in [0.15, 0.2) is 0 Å². The lowest BCUT2D eigenvalue weighted by molar-refractivity contribution is -0.137. The van der Waals surface area contributed by atoms with E-state index in [1.54, 1.807) is 24.3 Å². The van der Waals surface area contributed by atoms with Crippen molar-refractivity contribution in [2.24, 2.45) is 0 Å². The number of carboxylic acid groups (broad SMARTS) is 1. The smallest absolute Gasteiger partial charge is 0.306 e. The number of nitrogens with zero attached hydrogens (tertiary/aromatic N) is 1. The number of nitrogens with one attached hydrogen (secondary N) is 1. The Kier molecular flexibility index (Phi) is 6.94. The van der Waals surface area contributed by atoms with Gasteiger partial charge in [-0.2, -0.15) is 5.26 Å². The lowest BCUT2D eigenvalue weighted by atomic mass is 10.0. The van der Waals surface area contributed by atoms with Crippen LogP contribution < -0.4 is 10.1 Å². The molecule has 0 saturated heterocycles. The Morgan fingerprint density at radius 2 is 1.75 bits per heavy atom. The first-order chi connectivity index (χ1) is 13.3. The number of hydrogen-bond acceptors (Lipinski definition) is 4. The van der Waals surface area contributed by atoms with E-state index in [9.17, 15) is 14.9 Å². The summed E-state index contributed by atoms with van der Waals surface area (Å²) in [5, 5.41) is 20.8. The number of rotatable bonds is 7. The molecule has 0 bridgehead atoms. The molecule has 0 heterocycles. The van der Waals surface area contributed by atoms with Crippen molar-refractivity contribution in [2.75, 3.05) is 11.9 Å². The predicted molar refractivity (Wildman–Crippen MR) is 107 cm³/mol. The molecule has 28 heavy (non-hydrogen) atoms. The van der Waals surface area contributed by atoms with Gasteiger partial charge in [0.2, 0.25) is 0 Å². The van der Waals surface area contributed by atoms with Crippen molar-refractivity contribution in [3.63, 3.8) is 0 Å². The Hall–Kier alpha value is -3.59. The SMILES string of the molecule is Cc1cc(C)c(NC(=O)/C(C#N)=C/c2ccc(OCCC(=O)O)cc2)c(C)c1. The Balaban J connectivity index is 2.12. The van der Waals surface area contributed by atoms with Crippen LogP contribution in [0.25, 0.3) is 6.08 Å². The minimum atomic E-state index is -0.928. The molecule has 0 aliphatic rings. The molecule has 0 saturated carbocycles. The summed E-state index contributed by atoms with van der Waals surface area (Å²) in [6.45, 7) is 5.88. The van der Waals surface area contributed by atoms with Gasteiger partial charge in [-0.25, -0.2) is 0 Å². The minimum Gasteiger partial charge on any atom is -0.493 e. The Morgan fingerprint density at radius 3 is 2.29 bits per heavy atom. The van der Waals surface area contributed by atoms with E-state index in [1.165, 1.54) is 6.08 Å². The van der Waals surface area contributed by atoms with Gasteiger partial charge in [0, 0.05) is 5.69 Å². The Labute approximate surface area is 164 Å². The first kappa shape index (κ1) is 20.7. The summed E-state index contributed by atoms with van der Waals surface area (Å²) in [4.78, 5) is 23.0. The summed E-state index contributed by atoms with van der Waals surface area (Å²) in [6, 6.07) is 12.6. The first-order valence-electron chi connectivity index (χ1n) is 8.76. The zero-order valence-electron chi connectivity index (χ0n) is 16.1. The molecule has 2 N–H and O–H groups in total. The molecule has 6 nitrogen and oxygen atoms in total. The highest BCUT2D eigenvalue weighted by atomic mass is 16.5. The molecule has 0 atom stereocenters. The van der Waals surface area contributed by atoms with Crippen molar-refractivity contribution in [3.05, 3.63) is 64.2 Å². The van der Waals surface area contributed by atoms with Crippen molar-refractivity contribution in [2.45, 2.75) is 27.2 Å². The Bertz CT molecular complexity index is 930. The lowest BCUT2D eigenvalue weighted by Crippen LogP contribution is -2.15. The molecule has 0 fully saturated rings. The third-order valence-corrected chi connectivity index (χ3v) is 4.06. The molecular weight excluding hydrogens is 356 g/mol. The van der Waals surface area contributed by atoms with E-state index in [0.29, 0.717) is 17.0 Å². The van der Waals surface area contributed by atoms with Crippen LogP contribution in [0.2, 0.25) is 0 Å². The molecular formula is C22H22N2O4. The second-order valence-corrected chi connectivity index (χ2v) is 6.46. The fraction of sp³-hybridized carbons (Fsp3) is 0.227. The van der Waals surface area contributed by atoms with E-state index in [0.717, 1.165) is 16.7 Å². The number of anilines is 1. The molecule has 0 aliphatic carbocycles. The minimum absolute atomic E-state index is 0.0149. The molecule has 0 aromatic heterocycles. The normalized spacial score (nSPS) is 10.9. The number of hydrogen-bond donors (Lipinski definition) is 2. The summed E-state index contributed by atoms with van der Waals surface area (Å²) in [6.07, 6.45) is 1.41. The molecule has 0 radical (unpaired) electrons. The third kappa shape index (κ3) is 5.71. The molecule has 0 spiro atoms. The average Bonchev–Trinajstić information content (AvgIpc) is 2.63. The van der Waals surface area contributed by atoms with Gasteiger partial charge in [0.25, 0.3) is 5.91 Å². The summed E-state index contributed by atoms with van der Waals surface area (Å²) < 4.78 is 5.32. The van der Waals surface area contributed by atoms with Crippen molar-refractivity contribution < 1.29 is 19.4 Å². The van der Waals surface area contributed by atoms with E-state index in [-0.39, 0.29) is 18.6 Å². The summed E-state index contributed by atoms with van der Waals surface area (Å²) in [5.74, 6) is -0.880. The van der Waals surface area contributed by atoms with Gasteiger partial charge in [0.1, 0.15) is 17.4 Å². The molecule has 2 aromatic rings. The monoisotopic (exact) mass is 378 g/mol. The second kappa shape index (κ2) is 9.38. The number of aryl methyl sites for hydroxylation is 3. The number of carbonyl (C=O) groups excluding carboxylic acids is 1. The summed E-state index contributed by atoms with van der Waals surface area (Å²) in [7, 11) is 0. The number of aliphatic carboxylic acids is 1. The highest BCUT2D eigenvalue weighted by Gasteiger charge is 2.13. The quantitative estimate of drug-likeness (QED) is 0.560. The van der Waals surface area contributed by atoms with Crippen LogP contribution in [0.3, 0.4) is 0 Å². The number of ether oxygens (including phenoxy) is 1. The fourth-order valence-electron chi connectivity index (χ4n) is 2.79. The zero-order valence-corrected chi connectivity index (χ0v) is 16.1. The van der Waals surface area contributed by atoms with E-state index in [4.69, 9.17) is 9.84 Å². The van der Waals surface area contributed by atoms with Gasteiger partial charge in [0.05, 0.1) is 13.0 Å². The van der Waals surface area contributed by atoms with E-state index in [2.05, 4.69) is 5.32 Å². The molecule has 1 amide bonds. The average molecular weight is 378 g/mol. The molecule has 0 unspecified atom stereocenters. The Morgan fingerprint density at radius 1 is 1.14 bits per heavy atom. The van der Waals surface area contributed by atoms with Gasteiger partial charge in [-0.05, 0) is 55.7 Å². The number of amides is 1. The van der Waals surface area contributed by atoms with Crippen LogP contribution in [0.5, 0.6) is 5.75 Å². The molecule has 2 aromatic carbocycles. The molecule has 144 valence electrons. The maximum absolute atomic E-state index is 12.5. The van der Waals surface area contributed by atoms with Crippen molar-refractivity contribution >= 4 is 23.6 Å². The van der Waals surface area contributed by atoms with Crippen molar-refractivity contribution in [3.8, 4) is 11.8 Å². The molecule has 6 heteroatoms. The second-order valence-electron chi connectivity index (χ2n) is 6.46. The number of benzene rings is 2. The van der Waals surface area contributed by atoms with Crippen LogP contribution in [0.4, 0.5) is 5.69 Å². The highest BCUT2D eigenvalue weighted by Crippen LogP contribution is 2.23. The van der Waals surface area contributed by atoms with Crippen molar-refractivity contribution in [1.29, 1.82) is 5.26 Å². The van der Waals surface area contributed by atoms with Gasteiger partial charge in [-0.1, -0.05) is 29.8 Å². The largest absolute Gasteiger partial charge is 0.493 e. The summed E-state index contributed by atoms with van der Waals surface area (Å²) >= 11 is 0. The first-order valence-corrected chi connectivity index (χ1v) is 8.76. The number of carbonyl (C=O) groups is 2. The maximum atomic E-state index is 12.5. The summed E-state index contributed by atoms with van der Waals surface area (Å²) in [5.41, 5.74) is 4.33. The van der Waals surface area contributed by atoms with Crippen LogP contribution in [0, 0.1) is 32.1 Å². The van der Waals surface area contributed by atoms with Crippen LogP contribution in [-0.4, -0.2) is 23.6 Å².